The second kappa shape index (κ2) is 6.86. The third-order valence-electron chi connectivity index (χ3n) is 2.37. The summed E-state index contributed by atoms with van der Waals surface area (Å²) >= 11 is 1.79. The maximum atomic E-state index is 12.4. The van der Waals surface area contributed by atoms with E-state index >= 15 is 0 Å². The van der Waals surface area contributed by atoms with Gasteiger partial charge in [-0.25, -0.2) is 8.78 Å². The Kier molecular flexibility index (Phi) is 5.77. The third kappa shape index (κ3) is 4.49. The number of thioether (sulfide) groups is 1. The summed E-state index contributed by atoms with van der Waals surface area (Å²) in [6.07, 6.45) is -0.325. The van der Waals surface area contributed by atoms with Crippen molar-refractivity contribution < 1.29 is 8.78 Å². The maximum absolute atomic E-state index is 12.4. The van der Waals surface area contributed by atoms with E-state index in [1.165, 1.54) is 6.07 Å². The minimum atomic E-state index is -2.38. The molecule has 1 aromatic rings. The van der Waals surface area contributed by atoms with Crippen molar-refractivity contribution in [2.75, 3.05) is 12.8 Å². The number of rotatable bonds is 6. The molecule has 1 nitrogen and oxygen atoms in total. The molecule has 0 saturated carbocycles. The molecule has 0 spiro atoms. The topological polar surface area (TPSA) is 12.0 Å². The standard InChI is InChI=1S/C12H17F2NS/c1-9(16-2)7-15-8-10-4-3-5-11(6-10)12(13)14/h3-6,9,12,15H,7-8H2,1-2H3. The molecule has 0 fully saturated rings. The molecular formula is C12H17F2NS. The quantitative estimate of drug-likeness (QED) is 0.823. The van der Waals surface area contributed by atoms with Crippen molar-refractivity contribution in [3.05, 3.63) is 35.4 Å². The molecule has 16 heavy (non-hydrogen) atoms. The summed E-state index contributed by atoms with van der Waals surface area (Å²) in [6.45, 7) is 3.67. The van der Waals surface area contributed by atoms with Crippen LogP contribution in [0, 0.1) is 0 Å². The van der Waals surface area contributed by atoms with Crippen molar-refractivity contribution in [3.63, 3.8) is 0 Å². The summed E-state index contributed by atoms with van der Waals surface area (Å²) in [7, 11) is 0. The van der Waals surface area contributed by atoms with Gasteiger partial charge < -0.3 is 5.32 Å². The molecule has 0 bridgehead atoms. The average molecular weight is 245 g/mol. The molecule has 0 aliphatic rings. The van der Waals surface area contributed by atoms with Crippen LogP contribution in [-0.4, -0.2) is 18.1 Å². The number of benzene rings is 1. The summed E-state index contributed by atoms with van der Waals surface area (Å²) in [4.78, 5) is 0. The molecule has 1 atom stereocenters. The van der Waals surface area contributed by atoms with Crippen molar-refractivity contribution in [1.29, 1.82) is 0 Å². The highest BCUT2D eigenvalue weighted by atomic mass is 32.2. The molecule has 0 aliphatic heterocycles. The van der Waals surface area contributed by atoms with Gasteiger partial charge in [-0.2, -0.15) is 11.8 Å². The highest BCUT2D eigenvalue weighted by Gasteiger charge is 2.06. The fourth-order valence-corrected chi connectivity index (χ4v) is 1.63. The van der Waals surface area contributed by atoms with Crippen LogP contribution in [0.3, 0.4) is 0 Å². The summed E-state index contributed by atoms with van der Waals surface area (Å²) in [6, 6.07) is 6.55. The number of nitrogens with one attached hydrogen (secondary N) is 1. The van der Waals surface area contributed by atoms with Crippen molar-refractivity contribution in [1.82, 2.24) is 5.32 Å². The van der Waals surface area contributed by atoms with Crippen LogP contribution in [0.15, 0.2) is 24.3 Å². The van der Waals surface area contributed by atoms with Gasteiger partial charge in [-0.3, -0.25) is 0 Å². The Balaban J connectivity index is 2.45. The highest BCUT2D eigenvalue weighted by Crippen LogP contribution is 2.19. The van der Waals surface area contributed by atoms with E-state index in [9.17, 15) is 8.78 Å². The van der Waals surface area contributed by atoms with Gasteiger partial charge in [-0.15, -0.1) is 0 Å². The van der Waals surface area contributed by atoms with E-state index in [-0.39, 0.29) is 5.56 Å². The van der Waals surface area contributed by atoms with Crippen molar-refractivity contribution >= 4 is 11.8 Å². The Labute approximate surface area is 99.6 Å². The second-order valence-corrected chi connectivity index (χ2v) is 5.00. The predicted octanol–water partition coefficient (Wildman–Crippen LogP) is 3.47. The molecule has 0 aromatic heterocycles. The van der Waals surface area contributed by atoms with E-state index in [0.717, 1.165) is 12.1 Å². The lowest BCUT2D eigenvalue weighted by Gasteiger charge is -2.10. The molecule has 0 heterocycles. The SMILES string of the molecule is CSC(C)CNCc1cccc(C(F)F)c1. The Morgan fingerprint density at radius 1 is 1.38 bits per heavy atom. The van der Waals surface area contributed by atoms with Gasteiger partial charge in [0.25, 0.3) is 6.43 Å². The monoisotopic (exact) mass is 245 g/mol. The van der Waals surface area contributed by atoms with E-state index in [1.54, 1.807) is 23.9 Å². The zero-order valence-electron chi connectivity index (χ0n) is 9.54. The van der Waals surface area contributed by atoms with Gasteiger partial charge in [0.1, 0.15) is 0 Å². The first-order valence-corrected chi connectivity index (χ1v) is 6.52. The Morgan fingerprint density at radius 3 is 2.75 bits per heavy atom. The number of halogens is 2. The summed E-state index contributed by atoms with van der Waals surface area (Å²) in [5, 5.41) is 3.79. The molecule has 0 saturated heterocycles. The lowest BCUT2D eigenvalue weighted by atomic mass is 10.1. The summed E-state index contributed by atoms with van der Waals surface area (Å²) < 4.78 is 24.9. The number of hydrogen-bond donors (Lipinski definition) is 1. The highest BCUT2D eigenvalue weighted by molar-refractivity contribution is 7.99. The van der Waals surface area contributed by atoms with Gasteiger partial charge >= 0.3 is 0 Å². The molecule has 1 rings (SSSR count). The zero-order chi connectivity index (χ0) is 12.0. The molecule has 1 N–H and O–H groups in total. The van der Waals surface area contributed by atoms with Crippen LogP contribution < -0.4 is 5.32 Å². The number of hydrogen-bond acceptors (Lipinski definition) is 2. The summed E-state index contributed by atoms with van der Waals surface area (Å²) in [5.41, 5.74) is 1.00. The predicted molar refractivity (Wildman–Crippen MR) is 66.1 cm³/mol. The molecular weight excluding hydrogens is 228 g/mol. The van der Waals surface area contributed by atoms with Gasteiger partial charge in [0, 0.05) is 23.9 Å². The van der Waals surface area contributed by atoms with Crippen LogP contribution in [0.2, 0.25) is 0 Å². The van der Waals surface area contributed by atoms with Crippen LogP contribution in [0.5, 0.6) is 0 Å². The first-order chi connectivity index (χ1) is 7.63. The van der Waals surface area contributed by atoms with E-state index in [1.807, 2.05) is 6.07 Å². The smallest absolute Gasteiger partial charge is 0.263 e. The van der Waals surface area contributed by atoms with Gasteiger partial charge in [0.2, 0.25) is 0 Å². The van der Waals surface area contributed by atoms with E-state index < -0.39 is 6.43 Å². The van der Waals surface area contributed by atoms with Gasteiger partial charge in [0.15, 0.2) is 0 Å². The Bertz CT molecular complexity index is 318. The van der Waals surface area contributed by atoms with Crippen LogP contribution in [-0.2, 0) is 6.54 Å². The molecule has 1 aromatic carbocycles. The molecule has 90 valence electrons. The molecule has 0 radical (unpaired) electrons. The van der Waals surface area contributed by atoms with Crippen LogP contribution in [0.4, 0.5) is 8.78 Å². The van der Waals surface area contributed by atoms with Crippen molar-refractivity contribution in [2.45, 2.75) is 25.1 Å². The van der Waals surface area contributed by atoms with Crippen molar-refractivity contribution in [3.8, 4) is 0 Å². The molecule has 4 heteroatoms. The summed E-state index contributed by atoms with van der Waals surface area (Å²) in [5.74, 6) is 0. The van der Waals surface area contributed by atoms with E-state index in [2.05, 4.69) is 18.5 Å². The first-order valence-electron chi connectivity index (χ1n) is 5.24. The van der Waals surface area contributed by atoms with Gasteiger partial charge in [-0.1, -0.05) is 25.1 Å². The fourth-order valence-electron chi connectivity index (χ4n) is 1.34. The fraction of sp³-hybridized carbons (Fsp3) is 0.500. The maximum Gasteiger partial charge on any atom is 0.263 e. The minimum absolute atomic E-state index is 0.0946. The lowest BCUT2D eigenvalue weighted by molar-refractivity contribution is 0.151. The Hall–Kier alpha value is -0.610. The van der Waals surface area contributed by atoms with Crippen molar-refractivity contribution in [2.24, 2.45) is 0 Å². The van der Waals surface area contributed by atoms with Gasteiger partial charge in [-0.05, 0) is 17.9 Å². The van der Waals surface area contributed by atoms with Crippen LogP contribution in [0.25, 0.3) is 0 Å². The zero-order valence-corrected chi connectivity index (χ0v) is 10.4. The average Bonchev–Trinajstić information content (AvgIpc) is 2.29. The van der Waals surface area contributed by atoms with Gasteiger partial charge in [0.05, 0.1) is 0 Å². The largest absolute Gasteiger partial charge is 0.312 e. The number of alkyl halides is 2. The van der Waals surface area contributed by atoms with Crippen LogP contribution in [0.1, 0.15) is 24.5 Å². The van der Waals surface area contributed by atoms with E-state index in [4.69, 9.17) is 0 Å². The molecule has 1 unspecified atom stereocenters. The first kappa shape index (κ1) is 13.5. The van der Waals surface area contributed by atoms with Crippen LogP contribution >= 0.6 is 11.8 Å². The van der Waals surface area contributed by atoms with E-state index in [0.29, 0.717) is 11.8 Å². The minimum Gasteiger partial charge on any atom is -0.312 e. The molecule has 0 amide bonds. The second-order valence-electron chi connectivity index (χ2n) is 3.72. The Morgan fingerprint density at radius 2 is 2.12 bits per heavy atom. The third-order valence-corrected chi connectivity index (χ3v) is 3.34. The lowest BCUT2D eigenvalue weighted by Crippen LogP contribution is -2.22. The normalized spacial score (nSPS) is 13.1. The molecule has 0 aliphatic carbocycles.